The first-order valence-corrected chi connectivity index (χ1v) is 7.83. The zero-order chi connectivity index (χ0) is 17.5. The van der Waals surface area contributed by atoms with Crippen LogP contribution in [0.25, 0.3) is 0 Å². The summed E-state index contributed by atoms with van der Waals surface area (Å²) in [5.74, 6) is 0.00338. The first-order valence-electron chi connectivity index (χ1n) is 7.83. The molecular weight excluding hydrogens is 304 g/mol. The van der Waals surface area contributed by atoms with Gasteiger partial charge in [-0.2, -0.15) is 0 Å². The average molecular weight is 326 g/mol. The van der Waals surface area contributed by atoms with Crippen LogP contribution in [0.3, 0.4) is 0 Å². The Morgan fingerprint density at radius 3 is 2.21 bits per heavy atom. The minimum absolute atomic E-state index is 0.202. The van der Waals surface area contributed by atoms with Gasteiger partial charge < -0.3 is 4.74 Å². The SMILES string of the molecule is Cc1cccc(C)c1O[C@@H](C)C(=O)NNC(=O)Cc1ccccc1. The molecule has 5 nitrogen and oxygen atoms in total. The third-order valence-electron chi connectivity index (χ3n) is 3.61. The second-order valence-electron chi connectivity index (χ2n) is 5.68. The van der Waals surface area contributed by atoms with E-state index in [4.69, 9.17) is 4.74 Å². The number of hydrazine groups is 1. The number of hydrogen-bond acceptors (Lipinski definition) is 3. The van der Waals surface area contributed by atoms with Gasteiger partial charge in [0.25, 0.3) is 5.91 Å². The van der Waals surface area contributed by atoms with Crippen LogP contribution >= 0.6 is 0 Å². The highest BCUT2D eigenvalue weighted by atomic mass is 16.5. The van der Waals surface area contributed by atoms with Crippen molar-refractivity contribution in [3.05, 3.63) is 65.2 Å². The Kier molecular flexibility index (Phi) is 5.95. The number of rotatable bonds is 5. The Morgan fingerprint density at radius 1 is 0.958 bits per heavy atom. The summed E-state index contributed by atoms with van der Waals surface area (Å²) in [6, 6.07) is 15.1. The molecule has 2 N–H and O–H groups in total. The fourth-order valence-corrected chi connectivity index (χ4v) is 2.27. The predicted molar refractivity (Wildman–Crippen MR) is 92.4 cm³/mol. The van der Waals surface area contributed by atoms with Gasteiger partial charge in [-0.3, -0.25) is 20.4 Å². The number of amides is 2. The summed E-state index contributed by atoms with van der Waals surface area (Å²) >= 11 is 0. The molecule has 0 aliphatic heterocycles. The maximum atomic E-state index is 12.1. The molecule has 0 radical (unpaired) electrons. The van der Waals surface area contributed by atoms with Gasteiger partial charge >= 0.3 is 0 Å². The van der Waals surface area contributed by atoms with Crippen LogP contribution in [-0.4, -0.2) is 17.9 Å². The summed E-state index contributed by atoms with van der Waals surface area (Å²) in [5.41, 5.74) is 7.61. The van der Waals surface area contributed by atoms with E-state index in [9.17, 15) is 9.59 Å². The molecule has 2 aromatic rings. The van der Waals surface area contributed by atoms with Crippen LogP contribution < -0.4 is 15.6 Å². The molecule has 1 atom stereocenters. The highest BCUT2D eigenvalue weighted by molar-refractivity contribution is 5.85. The predicted octanol–water partition coefficient (Wildman–Crippen LogP) is 2.46. The van der Waals surface area contributed by atoms with Gasteiger partial charge in [-0.1, -0.05) is 48.5 Å². The van der Waals surface area contributed by atoms with Crippen molar-refractivity contribution in [2.24, 2.45) is 0 Å². The van der Waals surface area contributed by atoms with Gasteiger partial charge in [-0.25, -0.2) is 0 Å². The fourth-order valence-electron chi connectivity index (χ4n) is 2.27. The molecular formula is C19H22N2O3. The van der Waals surface area contributed by atoms with E-state index in [-0.39, 0.29) is 12.3 Å². The van der Waals surface area contributed by atoms with Crippen molar-refractivity contribution in [1.82, 2.24) is 10.9 Å². The molecule has 2 rings (SSSR count). The van der Waals surface area contributed by atoms with Crippen LogP contribution in [-0.2, 0) is 16.0 Å². The number of nitrogens with one attached hydrogen (secondary N) is 2. The third kappa shape index (κ3) is 4.84. The van der Waals surface area contributed by atoms with Crippen molar-refractivity contribution in [2.45, 2.75) is 33.3 Å². The Labute approximate surface area is 142 Å². The molecule has 0 fully saturated rings. The number of carbonyl (C=O) groups excluding carboxylic acids is 2. The van der Waals surface area contributed by atoms with E-state index in [0.717, 1.165) is 16.7 Å². The van der Waals surface area contributed by atoms with Gasteiger partial charge in [0.15, 0.2) is 6.10 Å². The molecule has 5 heteroatoms. The van der Waals surface area contributed by atoms with Gasteiger partial charge in [-0.15, -0.1) is 0 Å². The van der Waals surface area contributed by atoms with Gasteiger partial charge in [0.05, 0.1) is 6.42 Å². The first kappa shape index (κ1) is 17.5. The van der Waals surface area contributed by atoms with Crippen LogP contribution in [0.1, 0.15) is 23.6 Å². The molecule has 0 aromatic heterocycles. The Morgan fingerprint density at radius 2 is 1.58 bits per heavy atom. The quantitative estimate of drug-likeness (QED) is 0.830. The molecule has 126 valence electrons. The molecule has 0 saturated carbocycles. The van der Waals surface area contributed by atoms with E-state index in [1.165, 1.54) is 0 Å². The number of benzene rings is 2. The second kappa shape index (κ2) is 8.15. The largest absolute Gasteiger partial charge is 0.480 e. The van der Waals surface area contributed by atoms with E-state index < -0.39 is 12.0 Å². The van der Waals surface area contributed by atoms with E-state index in [2.05, 4.69) is 10.9 Å². The Hall–Kier alpha value is -2.82. The lowest BCUT2D eigenvalue weighted by Crippen LogP contribution is -2.47. The molecule has 0 spiro atoms. The molecule has 0 bridgehead atoms. The van der Waals surface area contributed by atoms with Crippen molar-refractivity contribution < 1.29 is 14.3 Å². The molecule has 0 unspecified atom stereocenters. The number of aryl methyl sites for hydroxylation is 2. The topological polar surface area (TPSA) is 67.4 Å². The highest BCUT2D eigenvalue weighted by Crippen LogP contribution is 2.23. The van der Waals surface area contributed by atoms with Crippen molar-refractivity contribution in [2.75, 3.05) is 0 Å². The lowest BCUT2D eigenvalue weighted by molar-refractivity contribution is -0.132. The number of carbonyl (C=O) groups is 2. The molecule has 0 heterocycles. The fraction of sp³-hybridized carbons (Fsp3) is 0.263. The van der Waals surface area contributed by atoms with Crippen LogP contribution in [0, 0.1) is 13.8 Å². The summed E-state index contributed by atoms with van der Waals surface area (Å²) < 4.78 is 5.72. The summed E-state index contributed by atoms with van der Waals surface area (Å²) in [7, 11) is 0. The zero-order valence-corrected chi connectivity index (χ0v) is 14.1. The van der Waals surface area contributed by atoms with Gasteiger partial charge in [0, 0.05) is 0 Å². The van der Waals surface area contributed by atoms with E-state index in [0.29, 0.717) is 5.75 Å². The smallest absolute Gasteiger partial charge is 0.279 e. The van der Waals surface area contributed by atoms with Gasteiger partial charge in [-0.05, 0) is 37.5 Å². The zero-order valence-electron chi connectivity index (χ0n) is 14.1. The maximum Gasteiger partial charge on any atom is 0.279 e. The Balaban J connectivity index is 1.84. The normalized spacial score (nSPS) is 11.5. The summed E-state index contributed by atoms with van der Waals surface area (Å²) in [6.07, 6.45) is -0.519. The minimum atomic E-state index is -0.721. The van der Waals surface area contributed by atoms with Crippen molar-refractivity contribution in [1.29, 1.82) is 0 Å². The van der Waals surface area contributed by atoms with Gasteiger partial charge in [0.2, 0.25) is 5.91 Å². The van der Waals surface area contributed by atoms with Crippen LogP contribution in [0.4, 0.5) is 0 Å². The minimum Gasteiger partial charge on any atom is -0.480 e. The standard InChI is InChI=1S/C19H22N2O3/c1-13-8-7-9-14(2)18(13)24-15(3)19(23)21-20-17(22)12-16-10-5-4-6-11-16/h4-11,15H,12H2,1-3H3,(H,20,22)(H,21,23)/t15-/m0/s1. The van der Waals surface area contributed by atoms with Crippen LogP contribution in [0.2, 0.25) is 0 Å². The molecule has 0 aliphatic carbocycles. The summed E-state index contributed by atoms with van der Waals surface area (Å²) in [6.45, 7) is 5.49. The van der Waals surface area contributed by atoms with Crippen LogP contribution in [0.15, 0.2) is 48.5 Å². The first-order chi connectivity index (χ1) is 11.5. The van der Waals surface area contributed by atoms with E-state index in [1.807, 2.05) is 62.4 Å². The summed E-state index contributed by atoms with van der Waals surface area (Å²) in [4.78, 5) is 23.9. The van der Waals surface area contributed by atoms with Crippen molar-refractivity contribution >= 4 is 11.8 Å². The average Bonchev–Trinajstić information content (AvgIpc) is 2.57. The molecule has 24 heavy (non-hydrogen) atoms. The number of ether oxygens (including phenoxy) is 1. The highest BCUT2D eigenvalue weighted by Gasteiger charge is 2.17. The van der Waals surface area contributed by atoms with Crippen molar-refractivity contribution in [3.8, 4) is 5.75 Å². The van der Waals surface area contributed by atoms with Crippen LogP contribution in [0.5, 0.6) is 5.75 Å². The van der Waals surface area contributed by atoms with Crippen molar-refractivity contribution in [3.63, 3.8) is 0 Å². The lowest BCUT2D eigenvalue weighted by atomic mass is 10.1. The summed E-state index contributed by atoms with van der Waals surface area (Å²) in [5, 5.41) is 0. The monoisotopic (exact) mass is 326 g/mol. The molecule has 2 amide bonds. The van der Waals surface area contributed by atoms with E-state index in [1.54, 1.807) is 6.92 Å². The number of hydrogen-bond donors (Lipinski definition) is 2. The van der Waals surface area contributed by atoms with Gasteiger partial charge in [0.1, 0.15) is 5.75 Å². The molecule has 0 saturated heterocycles. The van der Waals surface area contributed by atoms with E-state index >= 15 is 0 Å². The third-order valence-corrected chi connectivity index (χ3v) is 3.61. The maximum absolute atomic E-state index is 12.1. The number of para-hydroxylation sites is 1. The second-order valence-corrected chi connectivity index (χ2v) is 5.68. The Bertz CT molecular complexity index is 694. The molecule has 0 aliphatic rings. The molecule has 2 aromatic carbocycles. The lowest BCUT2D eigenvalue weighted by Gasteiger charge is -2.18.